The van der Waals surface area contributed by atoms with Crippen molar-refractivity contribution < 1.29 is 102 Å². The maximum absolute atomic E-state index is 14.9. The predicted octanol–water partition coefficient (Wildman–Crippen LogP) is 2.65. The summed E-state index contributed by atoms with van der Waals surface area (Å²) in [6, 6.07) is 0. The summed E-state index contributed by atoms with van der Waals surface area (Å²) in [7, 11) is -5.15. The van der Waals surface area contributed by atoms with Gasteiger partial charge in [-0.2, -0.15) is 0 Å². The number of carbonyl (C=O) groups excluding carboxylic acids is 1. The van der Waals surface area contributed by atoms with Crippen molar-refractivity contribution in [2.75, 3.05) is 6.79 Å². The third-order valence-electron chi connectivity index (χ3n) is 14.9. The summed E-state index contributed by atoms with van der Waals surface area (Å²) in [5.74, 6) is -6.96. The molecule has 5 rings (SSSR count). The number of hydrogen-bond donors (Lipinski definition) is 4. The van der Waals surface area contributed by atoms with Crippen molar-refractivity contribution in [3.05, 3.63) is 12.2 Å². The first-order chi connectivity index (χ1) is 27.5. The van der Waals surface area contributed by atoms with Gasteiger partial charge < -0.3 is 53.5 Å². The molecule has 17 heteroatoms. The van der Waals surface area contributed by atoms with Crippen LogP contribution in [0.15, 0.2) is 12.2 Å². The normalized spacial score (nSPS) is 43.1. The molecule has 3 unspecified atom stereocenters. The van der Waals surface area contributed by atoms with Crippen molar-refractivity contribution in [1.82, 2.24) is 0 Å². The van der Waals surface area contributed by atoms with Crippen LogP contribution in [0.1, 0.15) is 133 Å². The van der Waals surface area contributed by atoms with Crippen LogP contribution in [0.4, 0.5) is 0 Å². The van der Waals surface area contributed by atoms with Crippen LogP contribution in [0.5, 0.6) is 0 Å². The molecule has 19 atom stereocenters. The van der Waals surface area contributed by atoms with Crippen molar-refractivity contribution in [3.63, 3.8) is 0 Å². The number of hydrogen-bond acceptors (Lipinski definition) is 13. The molecule has 0 amide bonds. The molecule has 5 heterocycles. The number of rotatable bonds is 16. The zero-order chi connectivity index (χ0) is 43.9. The Balaban J connectivity index is 0.00000794. The van der Waals surface area contributed by atoms with E-state index >= 15 is 0 Å². The van der Waals surface area contributed by atoms with Crippen LogP contribution in [-0.2, 0) is 47.1 Å². The zero-order valence-electron chi connectivity index (χ0n) is 37.7. The smallest absolute Gasteiger partial charge is 0.756 e. The predicted molar refractivity (Wildman–Crippen MR) is 213 cm³/mol. The molecule has 2 spiro atoms. The van der Waals surface area contributed by atoms with Crippen molar-refractivity contribution in [2.45, 2.75) is 199 Å². The molecule has 0 aliphatic carbocycles. The fourth-order valence-corrected chi connectivity index (χ4v) is 11.1. The summed E-state index contributed by atoms with van der Waals surface area (Å²) >= 11 is 0. The van der Waals surface area contributed by atoms with E-state index in [9.17, 15) is 39.3 Å². The molecule has 15 nitrogen and oxygen atoms in total. The Morgan fingerprint density at radius 2 is 1.62 bits per heavy atom. The first kappa shape index (κ1) is 52.3. The molecule has 0 saturated carbocycles. The third-order valence-corrected chi connectivity index (χ3v) is 15.3. The number of aliphatic carboxylic acids is 1. The number of ketones is 1. The van der Waals surface area contributed by atoms with Gasteiger partial charge in [0.05, 0.1) is 53.7 Å². The van der Waals surface area contributed by atoms with Gasteiger partial charge in [0, 0.05) is 30.1 Å². The van der Waals surface area contributed by atoms with E-state index in [4.69, 9.17) is 28.4 Å². The number of carboxylic acids is 1. The summed E-state index contributed by atoms with van der Waals surface area (Å²) < 4.78 is 55.8. The van der Waals surface area contributed by atoms with E-state index in [2.05, 4.69) is 4.52 Å². The number of phosphoric acid groups is 1. The summed E-state index contributed by atoms with van der Waals surface area (Å²) in [5.41, 5.74) is -1.73. The molecule has 4 N–H and O–H groups in total. The maximum atomic E-state index is 14.9. The number of ether oxygens (including phenoxy) is 6. The van der Waals surface area contributed by atoms with Gasteiger partial charge in [0.1, 0.15) is 11.9 Å². The SMILES string of the molecule is CCC(C(=O)[C@H](C)[C@H](OCOP(=O)([O-])O)[C@@H](C)[C@H]1OC([C@H](CC)C(=O)O)CC[C@H]1C)[C@H]1O[C@@]2(C=C[C@@H](O)[C@@]3(CC[C@@](C)([C@H]4CC[C@](O)(CC)[C@H](C)O4)O3)O2)[C@H](C)C[C@@H]1C.[Na+]. The van der Waals surface area contributed by atoms with Crippen LogP contribution in [0.25, 0.3) is 0 Å². The van der Waals surface area contributed by atoms with E-state index in [1.807, 2.05) is 55.4 Å². The second-order valence-electron chi connectivity index (χ2n) is 18.8. The van der Waals surface area contributed by atoms with Gasteiger partial charge in [-0.25, -0.2) is 0 Å². The van der Waals surface area contributed by atoms with Crippen LogP contribution in [0.2, 0.25) is 0 Å². The van der Waals surface area contributed by atoms with E-state index in [1.54, 1.807) is 26.0 Å². The molecule has 60 heavy (non-hydrogen) atoms. The molecule has 340 valence electrons. The van der Waals surface area contributed by atoms with Gasteiger partial charge >= 0.3 is 35.5 Å². The van der Waals surface area contributed by atoms with Crippen LogP contribution in [0, 0.1) is 41.4 Å². The molecule has 0 aromatic rings. The molecule has 5 aliphatic heterocycles. The zero-order valence-corrected chi connectivity index (χ0v) is 40.6. The number of carboxylic acid groups (broad SMARTS) is 1. The molecule has 5 aliphatic rings. The Morgan fingerprint density at radius 3 is 2.20 bits per heavy atom. The van der Waals surface area contributed by atoms with Crippen LogP contribution in [-0.4, -0.2) is 104 Å². The summed E-state index contributed by atoms with van der Waals surface area (Å²) in [6.45, 7) is 18.3. The Hall–Kier alpha value is -0.330. The minimum absolute atomic E-state index is 0. The second kappa shape index (κ2) is 20.5. The Morgan fingerprint density at radius 1 is 0.950 bits per heavy atom. The average molecular weight is 883 g/mol. The van der Waals surface area contributed by atoms with E-state index in [0.29, 0.717) is 64.2 Å². The fraction of sp³-hybridized carbons (Fsp3) is 0.907. The summed E-state index contributed by atoms with van der Waals surface area (Å²) in [6.07, 6.45) is 4.22. The third kappa shape index (κ3) is 10.8. The Bertz CT molecular complexity index is 1550. The number of carbonyl (C=O) groups is 2. The quantitative estimate of drug-likeness (QED) is 0.0758. The number of Topliss-reactive ketones (excluding diaryl/α,β-unsaturated/α-hetero) is 1. The maximum Gasteiger partial charge on any atom is 1.00 e. The fourth-order valence-electron chi connectivity index (χ4n) is 10.9. The molecule has 0 bridgehead atoms. The monoisotopic (exact) mass is 882 g/mol. The standard InChI is InChI=1S/C43H73O15P.Na/c1-11-30(39(46)47)32-15-14-24(4)36(55-32)28(8)38(52-23-53-59(49,50)51)27(7)35(45)31(12-2)37-25(5)22-26(6)42(56-37)19-16-33(44)43(58-42)21-20-40(10,57-43)34-17-18-41(48,13-3)29(9)54-34;/h16,19,24-34,36-38,44,48H,11-15,17-18,20-23H2,1-10H3,(H,46,47)(H2,49,50,51);/q;+1/p-1/t24-,25+,26-,27+,28+,29+,30+,31?,32?,33-,34-,36+,37+,38+,40+,41-,42-,43-;/m1./s1. The van der Waals surface area contributed by atoms with E-state index in [0.717, 1.165) is 0 Å². The molecular formula is C43H72NaO15P. The number of aliphatic hydroxyl groups is 2. The largest absolute Gasteiger partial charge is 1.00 e. The summed E-state index contributed by atoms with van der Waals surface area (Å²) in [5, 5.41) is 32.5. The van der Waals surface area contributed by atoms with Gasteiger partial charge in [0.25, 0.3) is 7.82 Å². The Labute approximate surface area is 378 Å². The molecule has 0 aromatic carbocycles. The minimum Gasteiger partial charge on any atom is -0.756 e. The van der Waals surface area contributed by atoms with Gasteiger partial charge in [0.15, 0.2) is 12.6 Å². The van der Waals surface area contributed by atoms with Crippen molar-refractivity contribution in [1.29, 1.82) is 0 Å². The van der Waals surface area contributed by atoms with Crippen LogP contribution >= 0.6 is 7.82 Å². The average Bonchev–Trinajstić information content (AvgIpc) is 3.52. The Kier molecular flexibility index (Phi) is 17.8. The first-order valence-corrected chi connectivity index (χ1v) is 23.5. The first-order valence-electron chi connectivity index (χ1n) is 22.0. The second-order valence-corrected chi connectivity index (χ2v) is 20.0. The topological polar surface area (TPSA) is 220 Å². The molecule has 4 saturated heterocycles. The number of aliphatic hydroxyl groups excluding tert-OH is 1. The van der Waals surface area contributed by atoms with Crippen molar-refractivity contribution in [3.8, 4) is 0 Å². The van der Waals surface area contributed by atoms with Crippen LogP contribution in [0.3, 0.4) is 0 Å². The van der Waals surface area contributed by atoms with Crippen molar-refractivity contribution >= 4 is 19.6 Å². The van der Waals surface area contributed by atoms with Crippen molar-refractivity contribution in [2.24, 2.45) is 41.4 Å². The van der Waals surface area contributed by atoms with Gasteiger partial charge in [0.2, 0.25) is 5.79 Å². The summed E-state index contributed by atoms with van der Waals surface area (Å²) in [4.78, 5) is 47.9. The molecule has 0 aromatic heterocycles. The number of phosphoric ester groups is 1. The molecule has 4 fully saturated rings. The minimum atomic E-state index is -5.15. The van der Waals surface area contributed by atoms with E-state index in [1.165, 1.54) is 0 Å². The van der Waals surface area contributed by atoms with Gasteiger partial charge in [-0.1, -0.05) is 55.4 Å². The molecule has 0 radical (unpaired) electrons. The van der Waals surface area contributed by atoms with Gasteiger partial charge in [-0.3, -0.25) is 18.7 Å². The van der Waals surface area contributed by atoms with E-state index < -0.39 is 104 Å². The van der Waals surface area contributed by atoms with Crippen LogP contribution < -0.4 is 34.5 Å². The van der Waals surface area contributed by atoms with Gasteiger partial charge in [-0.15, -0.1) is 0 Å². The molecular weight excluding hydrogens is 810 g/mol. The van der Waals surface area contributed by atoms with Gasteiger partial charge in [-0.05, 0) is 95.6 Å². The van der Waals surface area contributed by atoms with E-state index in [-0.39, 0.29) is 59.2 Å².